The van der Waals surface area contributed by atoms with Crippen LogP contribution < -0.4 is 0 Å². The number of benzene rings is 2. The van der Waals surface area contributed by atoms with Gasteiger partial charge in [0.2, 0.25) is 0 Å². The van der Waals surface area contributed by atoms with Gasteiger partial charge < -0.3 is 0 Å². The lowest BCUT2D eigenvalue weighted by Crippen LogP contribution is -2.14. The molecule has 2 aromatic rings. The van der Waals surface area contributed by atoms with Crippen molar-refractivity contribution in [2.24, 2.45) is 0 Å². The third-order valence-corrected chi connectivity index (χ3v) is 4.69. The van der Waals surface area contributed by atoms with Crippen molar-refractivity contribution >= 4 is 22.3 Å². The van der Waals surface area contributed by atoms with Gasteiger partial charge in [-0.2, -0.15) is 0 Å². The molecule has 2 nitrogen and oxygen atoms in total. The molecule has 0 heterocycles. The minimum absolute atomic E-state index is 0.266. The molecular formula is C18H16O2. The largest absolute Gasteiger partial charge is 0.294 e. The second-order valence-electron chi connectivity index (χ2n) is 5.83. The lowest BCUT2D eigenvalue weighted by atomic mass is 9.82. The van der Waals surface area contributed by atoms with Crippen LogP contribution in [0.3, 0.4) is 0 Å². The summed E-state index contributed by atoms with van der Waals surface area (Å²) in [6.45, 7) is 0. The number of ketones is 2. The first kappa shape index (κ1) is 11.8. The molecule has 0 aromatic heterocycles. The van der Waals surface area contributed by atoms with E-state index in [0.29, 0.717) is 12.8 Å². The quantitative estimate of drug-likeness (QED) is 0.723. The summed E-state index contributed by atoms with van der Waals surface area (Å²) in [6, 6.07) is 8.04. The first-order valence-corrected chi connectivity index (χ1v) is 7.39. The van der Waals surface area contributed by atoms with Gasteiger partial charge in [0.25, 0.3) is 0 Å². The van der Waals surface area contributed by atoms with Gasteiger partial charge in [-0.3, -0.25) is 9.59 Å². The predicted molar refractivity (Wildman–Crippen MR) is 78.5 cm³/mol. The van der Waals surface area contributed by atoms with Gasteiger partial charge >= 0.3 is 0 Å². The molecule has 0 amide bonds. The molecular weight excluding hydrogens is 248 g/mol. The van der Waals surface area contributed by atoms with Gasteiger partial charge in [-0.1, -0.05) is 24.3 Å². The van der Waals surface area contributed by atoms with Crippen molar-refractivity contribution in [1.82, 2.24) is 0 Å². The Morgan fingerprint density at radius 3 is 1.50 bits per heavy atom. The Labute approximate surface area is 117 Å². The molecule has 0 radical (unpaired) electrons. The molecule has 0 N–H and O–H groups in total. The van der Waals surface area contributed by atoms with Crippen LogP contribution in [0.15, 0.2) is 24.3 Å². The van der Waals surface area contributed by atoms with E-state index in [9.17, 15) is 9.59 Å². The van der Waals surface area contributed by atoms with Crippen LogP contribution in [0.1, 0.15) is 57.5 Å². The monoisotopic (exact) mass is 264 g/mol. The smallest absolute Gasteiger partial charge is 0.163 e. The number of hydrogen-bond acceptors (Lipinski definition) is 2. The summed E-state index contributed by atoms with van der Waals surface area (Å²) in [5, 5.41) is 2.37. The zero-order valence-electron chi connectivity index (χ0n) is 11.4. The minimum Gasteiger partial charge on any atom is -0.294 e. The standard InChI is InChI=1S/C18H16O2/c19-17-5-1-3-11-13-7-10-16-12(4-2-6-18(16)20)14(13)8-9-15(11)17/h7-10H,1-6H2. The summed E-state index contributed by atoms with van der Waals surface area (Å²) in [5.74, 6) is 0.531. The van der Waals surface area contributed by atoms with Gasteiger partial charge in [0.05, 0.1) is 0 Å². The Bertz CT molecular complexity index is 690. The van der Waals surface area contributed by atoms with Crippen LogP contribution in [0.25, 0.3) is 10.8 Å². The van der Waals surface area contributed by atoms with E-state index in [4.69, 9.17) is 0 Å². The topological polar surface area (TPSA) is 34.1 Å². The van der Waals surface area contributed by atoms with Crippen molar-refractivity contribution < 1.29 is 9.59 Å². The molecule has 0 atom stereocenters. The van der Waals surface area contributed by atoms with Crippen molar-refractivity contribution in [1.29, 1.82) is 0 Å². The summed E-state index contributed by atoms with van der Waals surface area (Å²) in [5.41, 5.74) is 4.18. The minimum atomic E-state index is 0.266. The van der Waals surface area contributed by atoms with E-state index in [2.05, 4.69) is 12.1 Å². The van der Waals surface area contributed by atoms with Crippen molar-refractivity contribution in [2.75, 3.05) is 0 Å². The highest BCUT2D eigenvalue weighted by atomic mass is 16.1. The van der Waals surface area contributed by atoms with E-state index in [1.165, 1.54) is 21.9 Å². The molecule has 0 spiro atoms. The van der Waals surface area contributed by atoms with E-state index >= 15 is 0 Å². The van der Waals surface area contributed by atoms with Crippen molar-refractivity contribution in [3.05, 3.63) is 46.5 Å². The molecule has 0 saturated carbocycles. The number of hydrogen-bond donors (Lipinski definition) is 0. The molecule has 2 heteroatoms. The molecule has 2 aliphatic carbocycles. The highest BCUT2D eigenvalue weighted by molar-refractivity contribution is 6.08. The van der Waals surface area contributed by atoms with Crippen LogP contribution in [0.2, 0.25) is 0 Å². The maximum Gasteiger partial charge on any atom is 0.163 e. The average molecular weight is 264 g/mol. The summed E-state index contributed by atoms with van der Waals surface area (Å²) in [4.78, 5) is 24.0. The van der Waals surface area contributed by atoms with Gasteiger partial charge in [-0.25, -0.2) is 0 Å². The van der Waals surface area contributed by atoms with E-state index in [-0.39, 0.29) is 11.6 Å². The van der Waals surface area contributed by atoms with Gasteiger partial charge in [-0.15, -0.1) is 0 Å². The highest BCUT2D eigenvalue weighted by Crippen LogP contribution is 2.34. The van der Waals surface area contributed by atoms with Crippen molar-refractivity contribution in [3.8, 4) is 0 Å². The summed E-state index contributed by atoms with van der Waals surface area (Å²) >= 11 is 0. The summed E-state index contributed by atoms with van der Waals surface area (Å²) < 4.78 is 0. The third kappa shape index (κ3) is 1.57. The van der Waals surface area contributed by atoms with Crippen LogP contribution in [-0.4, -0.2) is 11.6 Å². The molecule has 0 unspecified atom stereocenters. The molecule has 20 heavy (non-hydrogen) atoms. The number of Topliss-reactive ketones (excluding diaryl/α,β-unsaturated/α-hetero) is 2. The number of rotatable bonds is 0. The number of fused-ring (bicyclic) bond motifs is 5. The second-order valence-corrected chi connectivity index (χ2v) is 5.83. The normalized spacial score (nSPS) is 18.0. The van der Waals surface area contributed by atoms with Crippen LogP contribution in [0.4, 0.5) is 0 Å². The molecule has 0 aliphatic heterocycles. The molecule has 2 aliphatic rings. The fraction of sp³-hybridized carbons (Fsp3) is 0.333. The lowest BCUT2D eigenvalue weighted by Gasteiger charge is -2.21. The van der Waals surface area contributed by atoms with Crippen LogP contribution in [0, 0.1) is 0 Å². The van der Waals surface area contributed by atoms with Crippen molar-refractivity contribution in [2.45, 2.75) is 38.5 Å². The van der Waals surface area contributed by atoms with Gasteiger partial charge in [0, 0.05) is 24.0 Å². The predicted octanol–water partition coefficient (Wildman–Crippen LogP) is 3.88. The van der Waals surface area contributed by atoms with E-state index in [1.807, 2.05) is 12.1 Å². The SMILES string of the molecule is O=C1CCCc2c1ccc1c3c(ccc21)C(=O)CCC3. The number of aryl methyl sites for hydroxylation is 2. The highest BCUT2D eigenvalue weighted by Gasteiger charge is 2.23. The van der Waals surface area contributed by atoms with Crippen LogP contribution in [0.5, 0.6) is 0 Å². The third-order valence-electron chi connectivity index (χ3n) is 4.69. The number of carbonyl (C=O) groups is 2. The maximum absolute atomic E-state index is 12.0. The molecule has 2 aromatic carbocycles. The molecule has 0 bridgehead atoms. The average Bonchev–Trinajstić information content (AvgIpc) is 2.47. The Morgan fingerprint density at radius 2 is 1.05 bits per heavy atom. The molecule has 100 valence electrons. The fourth-order valence-electron chi connectivity index (χ4n) is 3.71. The summed E-state index contributed by atoms with van der Waals surface area (Å²) in [7, 11) is 0. The van der Waals surface area contributed by atoms with E-state index < -0.39 is 0 Å². The van der Waals surface area contributed by atoms with Gasteiger partial charge in [-0.05, 0) is 47.6 Å². The van der Waals surface area contributed by atoms with E-state index in [0.717, 1.165) is 36.8 Å². The lowest BCUT2D eigenvalue weighted by molar-refractivity contribution is 0.0964. The summed E-state index contributed by atoms with van der Waals surface area (Å²) in [6.07, 6.45) is 5.18. The Hall–Kier alpha value is -1.96. The first-order valence-electron chi connectivity index (χ1n) is 7.39. The molecule has 4 rings (SSSR count). The van der Waals surface area contributed by atoms with E-state index in [1.54, 1.807) is 0 Å². The Kier molecular flexibility index (Phi) is 2.53. The van der Waals surface area contributed by atoms with Crippen LogP contribution >= 0.6 is 0 Å². The van der Waals surface area contributed by atoms with Gasteiger partial charge in [0.1, 0.15) is 0 Å². The Morgan fingerprint density at radius 1 is 0.600 bits per heavy atom. The Balaban J connectivity index is 2.04. The maximum atomic E-state index is 12.0. The zero-order valence-corrected chi connectivity index (χ0v) is 11.4. The zero-order chi connectivity index (χ0) is 13.7. The molecule has 0 fully saturated rings. The first-order chi connectivity index (χ1) is 9.75. The van der Waals surface area contributed by atoms with Crippen molar-refractivity contribution in [3.63, 3.8) is 0 Å². The second kappa shape index (κ2) is 4.27. The molecule has 0 saturated heterocycles. The van der Waals surface area contributed by atoms with Crippen LogP contribution in [-0.2, 0) is 12.8 Å². The van der Waals surface area contributed by atoms with Gasteiger partial charge in [0.15, 0.2) is 11.6 Å². The number of carbonyl (C=O) groups excluding carboxylic acids is 2. The fourth-order valence-corrected chi connectivity index (χ4v) is 3.71.